The molecule has 0 amide bonds. The molecule has 0 aliphatic rings. The van der Waals surface area contributed by atoms with E-state index in [1.165, 1.54) is 0 Å². The normalized spacial score (nSPS) is 12.7. The molecule has 2 nitrogen and oxygen atoms in total. The average Bonchev–Trinajstić information content (AvgIpc) is 1.25. The zero-order chi connectivity index (χ0) is 7.00. The molecule has 4 radical (unpaired) electrons. The second-order valence-corrected chi connectivity index (χ2v) is 3.44. The fourth-order valence-corrected chi connectivity index (χ4v) is 0. The molecular formula is C6H16N2Pb. The van der Waals surface area contributed by atoms with Gasteiger partial charge in [-0.25, -0.2) is 0 Å². The van der Waals surface area contributed by atoms with Gasteiger partial charge < -0.3 is 11.5 Å². The summed E-state index contributed by atoms with van der Waals surface area (Å²) in [6, 6.07) is 0. The summed E-state index contributed by atoms with van der Waals surface area (Å²) < 4.78 is 0. The third-order valence-corrected chi connectivity index (χ3v) is 1.66. The molecule has 9 heavy (non-hydrogen) atoms. The van der Waals surface area contributed by atoms with Crippen molar-refractivity contribution in [1.29, 1.82) is 0 Å². The molecule has 0 heterocycles. The van der Waals surface area contributed by atoms with Gasteiger partial charge in [0.25, 0.3) is 0 Å². The molecular weight excluding hydrogens is 307 g/mol. The van der Waals surface area contributed by atoms with Gasteiger partial charge in [-0.3, -0.25) is 0 Å². The molecule has 0 aliphatic heterocycles. The van der Waals surface area contributed by atoms with Gasteiger partial charge in [0.2, 0.25) is 0 Å². The Bertz CT molecular complexity index is 66.0. The zero-order valence-electron chi connectivity index (χ0n) is 6.65. The fourth-order valence-electron chi connectivity index (χ4n) is 0. The Balaban J connectivity index is 0. The van der Waals surface area contributed by atoms with Gasteiger partial charge in [-0.15, -0.1) is 0 Å². The van der Waals surface area contributed by atoms with Crippen LogP contribution >= 0.6 is 0 Å². The van der Waals surface area contributed by atoms with Crippen molar-refractivity contribution in [2.45, 2.75) is 38.8 Å². The molecule has 0 spiro atoms. The van der Waals surface area contributed by atoms with Gasteiger partial charge >= 0.3 is 0 Å². The molecule has 0 aliphatic carbocycles. The number of hydrogen-bond donors (Lipinski definition) is 2. The molecule has 0 saturated carbocycles. The van der Waals surface area contributed by atoms with Crippen LogP contribution in [0.15, 0.2) is 0 Å². The summed E-state index contributed by atoms with van der Waals surface area (Å²) in [5.74, 6) is 0. The molecule has 4 N–H and O–H groups in total. The average molecular weight is 323 g/mol. The molecule has 0 aromatic heterocycles. The van der Waals surface area contributed by atoms with Crippen LogP contribution < -0.4 is 11.5 Å². The van der Waals surface area contributed by atoms with E-state index in [-0.39, 0.29) is 38.4 Å². The standard InChI is InChI=1S/C6H16N2.Pb/c1-5(2,7)6(3,4)8;/h7-8H2,1-4H3;. The van der Waals surface area contributed by atoms with Crippen LogP contribution in [0.2, 0.25) is 0 Å². The summed E-state index contributed by atoms with van der Waals surface area (Å²) in [5, 5.41) is 0. The van der Waals surface area contributed by atoms with Gasteiger partial charge in [-0.05, 0) is 27.7 Å². The van der Waals surface area contributed by atoms with E-state index in [9.17, 15) is 0 Å². The second kappa shape index (κ2) is 3.30. The van der Waals surface area contributed by atoms with E-state index >= 15 is 0 Å². The summed E-state index contributed by atoms with van der Waals surface area (Å²) in [6.45, 7) is 7.69. The minimum absolute atomic E-state index is 0. The van der Waals surface area contributed by atoms with Crippen LogP contribution in [0.1, 0.15) is 27.7 Å². The van der Waals surface area contributed by atoms with E-state index in [0.717, 1.165) is 0 Å². The van der Waals surface area contributed by atoms with Crippen molar-refractivity contribution in [2.75, 3.05) is 0 Å². The first-order valence-electron chi connectivity index (χ1n) is 2.83. The molecule has 0 bridgehead atoms. The minimum Gasteiger partial charge on any atom is -0.324 e. The van der Waals surface area contributed by atoms with E-state index in [1.807, 2.05) is 27.7 Å². The van der Waals surface area contributed by atoms with Crippen LogP contribution in [0, 0.1) is 0 Å². The third kappa shape index (κ3) is 4.27. The Morgan fingerprint density at radius 2 is 0.889 bits per heavy atom. The molecule has 0 saturated heterocycles. The maximum absolute atomic E-state index is 5.69. The summed E-state index contributed by atoms with van der Waals surface area (Å²) in [5.41, 5.74) is 10.8. The second-order valence-electron chi connectivity index (χ2n) is 3.44. The topological polar surface area (TPSA) is 52.0 Å². The third-order valence-electron chi connectivity index (χ3n) is 1.66. The van der Waals surface area contributed by atoms with Crippen LogP contribution in [0.3, 0.4) is 0 Å². The van der Waals surface area contributed by atoms with Crippen molar-refractivity contribution in [3.63, 3.8) is 0 Å². The van der Waals surface area contributed by atoms with Crippen LogP contribution in [-0.2, 0) is 0 Å². The van der Waals surface area contributed by atoms with Crippen molar-refractivity contribution in [2.24, 2.45) is 11.5 Å². The van der Waals surface area contributed by atoms with Gasteiger partial charge in [-0.2, -0.15) is 0 Å². The quantitative estimate of drug-likeness (QED) is 0.672. The summed E-state index contributed by atoms with van der Waals surface area (Å²) >= 11 is 0. The van der Waals surface area contributed by atoms with Crippen molar-refractivity contribution >= 4 is 27.3 Å². The van der Waals surface area contributed by atoms with Gasteiger partial charge in [0.1, 0.15) is 0 Å². The van der Waals surface area contributed by atoms with Crippen molar-refractivity contribution in [3.05, 3.63) is 0 Å². The van der Waals surface area contributed by atoms with E-state index in [2.05, 4.69) is 0 Å². The summed E-state index contributed by atoms with van der Waals surface area (Å²) in [4.78, 5) is 0. The Morgan fingerprint density at radius 1 is 0.778 bits per heavy atom. The van der Waals surface area contributed by atoms with Crippen LogP contribution in [0.5, 0.6) is 0 Å². The molecule has 3 heteroatoms. The van der Waals surface area contributed by atoms with E-state index in [1.54, 1.807) is 0 Å². The fraction of sp³-hybridized carbons (Fsp3) is 1.00. The van der Waals surface area contributed by atoms with Gasteiger partial charge in [0, 0.05) is 38.4 Å². The van der Waals surface area contributed by atoms with Crippen molar-refractivity contribution in [1.82, 2.24) is 0 Å². The van der Waals surface area contributed by atoms with Gasteiger partial charge in [-0.1, -0.05) is 0 Å². The summed E-state index contributed by atoms with van der Waals surface area (Å²) in [6.07, 6.45) is 0. The van der Waals surface area contributed by atoms with Crippen LogP contribution in [-0.4, -0.2) is 38.4 Å². The van der Waals surface area contributed by atoms with E-state index in [0.29, 0.717) is 0 Å². The molecule has 0 aromatic rings. The smallest absolute Gasteiger partial charge is 0.0274 e. The van der Waals surface area contributed by atoms with Crippen molar-refractivity contribution < 1.29 is 0 Å². The number of rotatable bonds is 1. The Kier molecular flexibility index (Phi) is 4.58. The van der Waals surface area contributed by atoms with Crippen molar-refractivity contribution in [3.8, 4) is 0 Å². The predicted octanol–water partition coefficient (Wildman–Crippen LogP) is 0.0802. The first kappa shape index (κ1) is 12.5. The first-order chi connectivity index (χ1) is 3.25. The molecule has 0 fully saturated rings. The van der Waals surface area contributed by atoms with E-state index in [4.69, 9.17) is 11.5 Å². The van der Waals surface area contributed by atoms with Crippen LogP contribution in [0.4, 0.5) is 0 Å². The molecule has 54 valence electrons. The van der Waals surface area contributed by atoms with Crippen LogP contribution in [0.25, 0.3) is 0 Å². The SMILES string of the molecule is CC(C)(N)C(C)(C)N.[Pb]. The number of hydrogen-bond acceptors (Lipinski definition) is 2. The molecule has 0 aromatic carbocycles. The molecule has 0 unspecified atom stereocenters. The Labute approximate surface area is 77.5 Å². The van der Waals surface area contributed by atoms with Gasteiger partial charge in [0.15, 0.2) is 0 Å². The largest absolute Gasteiger partial charge is 0.324 e. The minimum atomic E-state index is -0.285. The zero-order valence-corrected chi connectivity index (χ0v) is 10.5. The maximum atomic E-state index is 5.69. The first-order valence-corrected chi connectivity index (χ1v) is 2.83. The number of nitrogens with two attached hydrogens (primary N) is 2. The Morgan fingerprint density at radius 3 is 0.889 bits per heavy atom. The van der Waals surface area contributed by atoms with E-state index < -0.39 is 0 Å². The summed E-state index contributed by atoms with van der Waals surface area (Å²) in [7, 11) is 0. The monoisotopic (exact) mass is 324 g/mol. The maximum Gasteiger partial charge on any atom is 0.0274 e. The molecule has 0 rings (SSSR count). The Hall–Kier alpha value is 0.842. The predicted molar refractivity (Wildman–Crippen MR) is 42.3 cm³/mol. The van der Waals surface area contributed by atoms with Gasteiger partial charge in [0.05, 0.1) is 0 Å². The molecule has 0 atom stereocenters.